The molecule has 0 unspecified atom stereocenters. The summed E-state index contributed by atoms with van der Waals surface area (Å²) in [5, 5.41) is 0. The third-order valence-corrected chi connectivity index (χ3v) is 3.71. The predicted octanol–water partition coefficient (Wildman–Crippen LogP) is 5.27. The highest BCUT2D eigenvalue weighted by molar-refractivity contribution is 5.81. The number of carbonyl (C=O) groups excluding carboxylic acids is 2. The van der Waals surface area contributed by atoms with Crippen LogP contribution in [-0.4, -0.2) is 72.8 Å². The first kappa shape index (κ1) is 32.5. The molecule has 0 bridgehead atoms. The molecule has 0 heterocycles. The van der Waals surface area contributed by atoms with E-state index in [1.54, 1.807) is 0 Å². The maximum absolute atomic E-state index is 13.5. The minimum atomic E-state index is -8.80. The van der Waals surface area contributed by atoms with Gasteiger partial charge in [0.25, 0.3) is 0 Å². The van der Waals surface area contributed by atoms with Crippen molar-refractivity contribution in [1.29, 1.82) is 0 Å². The van der Waals surface area contributed by atoms with Crippen LogP contribution in [0.5, 0.6) is 0 Å². The average Bonchev–Trinajstić information content (AvgIpc) is 2.68. The minimum Gasteiger partial charge on any atom is -0.459 e. The lowest BCUT2D eigenvalue weighted by atomic mass is 9.89. The first-order valence-electron chi connectivity index (χ1n) is 7.80. The lowest BCUT2D eigenvalue weighted by molar-refractivity contribution is -0.460. The number of halogens is 17. The Morgan fingerprint density at radius 3 is 1.20 bits per heavy atom. The molecule has 0 saturated carbocycles. The second-order valence-corrected chi connectivity index (χ2v) is 6.03. The summed E-state index contributed by atoms with van der Waals surface area (Å²) < 4.78 is 228. The molecule has 0 amide bonds. The summed E-state index contributed by atoms with van der Waals surface area (Å²) in [5.74, 6) is -64.0. The van der Waals surface area contributed by atoms with Gasteiger partial charge in [-0.1, -0.05) is 6.58 Å². The molecule has 0 rings (SSSR count). The average molecular weight is 562 g/mol. The van der Waals surface area contributed by atoms with E-state index < -0.39 is 72.8 Å². The maximum Gasteiger partial charge on any atom is 0.460 e. The fourth-order valence-corrected chi connectivity index (χ4v) is 1.72. The molecule has 4 nitrogen and oxygen atoms in total. The van der Waals surface area contributed by atoms with E-state index in [9.17, 15) is 84.2 Å². The van der Waals surface area contributed by atoms with E-state index in [1.165, 1.54) is 0 Å². The van der Waals surface area contributed by atoms with Gasteiger partial charge in [0.15, 0.2) is 0 Å². The third-order valence-electron chi connectivity index (χ3n) is 3.71. The van der Waals surface area contributed by atoms with Gasteiger partial charge in [0.05, 0.1) is 0 Å². The SMILES string of the molecule is C=CC(=O)OCCOC(=O)C(F)(F)C(F)(F)C(F)(F)C(F)(F)C(F)(F)C(F)(F)C(F)(F)C(F)(F)F. The zero-order valence-corrected chi connectivity index (χ0v) is 15.8. The molecule has 0 N–H and O–H groups in total. The number of alkyl halides is 17. The van der Waals surface area contributed by atoms with Crippen LogP contribution in [0.25, 0.3) is 0 Å². The quantitative estimate of drug-likeness (QED) is 0.149. The fourth-order valence-electron chi connectivity index (χ4n) is 1.72. The van der Waals surface area contributed by atoms with Crippen molar-refractivity contribution in [1.82, 2.24) is 0 Å². The number of hydrogen-bond donors (Lipinski definition) is 0. The van der Waals surface area contributed by atoms with E-state index in [0.717, 1.165) is 0 Å². The van der Waals surface area contributed by atoms with Crippen molar-refractivity contribution in [2.75, 3.05) is 13.2 Å². The summed E-state index contributed by atoms with van der Waals surface area (Å²) in [7, 11) is 0. The largest absolute Gasteiger partial charge is 0.460 e. The summed E-state index contributed by atoms with van der Waals surface area (Å²) in [4.78, 5) is 21.5. The molecule has 0 aromatic heterocycles. The van der Waals surface area contributed by atoms with Crippen LogP contribution in [0.1, 0.15) is 0 Å². The van der Waals surface area contributed by atoms with Crippen LogP contribution in [0.4, 0.5) is 74.6 Å². The van der Waals surface area contributed by atoms with E-state index in [-0.39, 0.29) is 0 Å². The van der Waals surface area contributed by atoms with Crippen molar-refractivity contribution in [2.24, 2.45) is 0 Å². The van der Waals surface area contributed by atoms with Gasteiger partial charge in [-0.05, 0) is 0 Å². The van der Waals surface area contributed by atoms with Crippen LogP contribution < -0.4 is 0 Å². The topological polar surface area (TPSA) is 52.6 Å². The molecule has 0 aromatic rings. The van der Waals surface area contributed by atoms with Gasteiger partial charge in [0.2, 0.25) is 0 Å². The molecule has 0 fully saturated rings. The van der Waals surface area contributed by atoms with E-state index >= 15 is 0 Å². The zero-order chi connectivity index (χ0) is 28.7. The Morgan fingerprint density at radius 1 is 0.543 bits per heavy atom. The lowest BCUT2D eigenvalue weighted by Gasteiger charge is -2.42. The van der Waals surface area contributed by atoms with Crippen LogP contribution in [0.15, 0.2) is 12.7 Å². The van der Waals surface area contributed by atoms with Gasteiger partial charge in [-0.3, -0.25) is 0 Å². The number of carbonyl (C=O) groups is 2. The van der Waals surface area contributed by atoms with Gasteiger partial charge in [0, 0.05) is 6.08 Å². The highest BCUT2D eigenvalue weighted by atomic mass is 19.4. The highest BCUT2D eigenvalue weighted by Gasteiger charge is 2.95. The Bertz CT molecular complexity index is 814. The Labute approximate surface area is 180 Å². The summed E-state index contributed by atoms with van der Waals surface area (Å²) in [6, 6.07) is 0. The van der Waals surface area contributed by atoms with Crippen LogP contribution in [0.2, 0.25) is 0 Å². The fraction of sp³-hybridized carbons (Fsp3) is 0.714. The van der Waals surface area contributed by atoms with Gasteiger partial charge >= 0.3 is 59.6 Å². The molecular formula is C14H7F17O4. The normalized spacial score (nSPS) is 15.0. The molecule has 0 aliphatic heterocycles. The monoisotopic (exact) mass is 562 g/mol. The summed E-state index contributed by atoms with van der Waals surface area (Å²) in [6.07, 6.45) is -7.47. The van der Waals surface area contributed by atoms with Gasteiger partial charge in [0.1, 0.15) is 13.2 Å². The van der Waals surface area contributed by atoms with Gasteiger partial charge in [-0.15, -0.1) is 0 Å². The maximum atomic E-state index is 13.5. The van der Waals surface area contributed by atoms with Crippen molar-refractivity contribution < 1.29 is 93.7 Å². The van der Waals surface area contributed by atoms with E-state index in [4.69, 9.17) is 0 Å². The second kappa shape index (κ2) is 9.17. The molecule has 0 aliphatic carbocycles. The van der Waals surface area contributed by atoms with E-state index in [0.29, 0.717) is 6.08 Å². The van der Waals surface area contributed by atoms with Gasteiger partial charge in [-0.2, -0.15) is 74.6 Å². The number of esters is 2. The first-order chi connectivity index (χ1) is 15.1. The minimum absolute atomic E-state index is 0.394. The van der Waals surface area contributed by atoms with Crippen molar-refractivity contribution in [3.05, 3.63) is 12.7 Å². The second-order valence-electron chi connectivity index (χ2n) is 6.03. The standard InChI is InChI=1S/C14H7F17O4/c1-2-5(32)34-3-4-35-6(33)7(15,16)8(17,18)9(19,20)10(21,22)11(23,24)12(25,26)13(27,28)14(29,30)31/h2H,1,3-4H2. The van der Waals surface area contributed by atoms with Crippen LogP contribution in [0.3, 0.4) is 0 Å². The van der Waals surface area contributed by atoms with Crippen LogP contribution in [0, 0.1) is 0 Å². The summed E-state index contributed by atoms with van der Waals surface area (Å²) in [6.45, 7) is -0.232. The van der Waals surface area contributed by atoms with Gasteiger partial charge < -0.3 is 9.47 Å². The molecule has 0 spiro atoms. The number of ether oxygens (including phenoxy) is 2. The first-order valence-corrected chi connectivity index (χ1v) is 7.80. The highest BCUT2D eigenvalue weighted by Crippen LogP contribution is 2.63. The van der Waals surface area contributed by atoms with Crippen molar-refractivity contribution in [3.8, 4) is 0 Å². The lowest BCUT2D eigenvalue weighted by Crippen LogP contribution is -2.75. The molecule has 35 heavy (non-hydrogen) atoms. The van der Waals surface area contributed by atoms with Crippen LogP contribution in [-0.2, 0) is 19.1 Å². The van der Waals surface area contributed by atoms with Crippen molar-refractivity contribution in [3.63, 3.8) is 0 Å². The Morgan fingerprint density at radius 2 is 0.857 bits per heavy atom. The molecule has 0 aromatic carbocycles. The Kier molecular flexibility index (Phi) is 8.52. The van der Waals surface area contributed by atoms with E-state index in [1.807, 2.05) is 0 Å². The number of hydrogen-bond acceptors (Lipinski definition) is 4. The smallest absolute Gasteiger partial charge is 0.459 e. The van der Waals surface area contributed by atoms with E-state index in [2.05, 4.69) is 16.1 Å². The molecule has 0 aliphatic rings. The molecule has 206 valence electrons. The molecule has 0 atom stereocenters. The zero-order valence-electron chi connectivity index (χ0n) is 15.8. The predicted molar refractivity (Wildman–Crippen MR) is 72.8 cm³/mol. The van der Waals surface area contributed by atoms with Crippen LogP contribution >= 0.6 is 0 Å². The molecular weight excluding hydrogens is 555 g/mol. The Hall–Kier alpha value is -2.51. The van der Waals surface area contributed by atoms with Crippen molar-refractivity contribution >= 4 is 11.9 Å². The summed E-state index contributed by atoms with van der Waals surface area (Å²) >= 11 is 0. The van der Waals surface area contributed by atoms with Crippen molar-refractivity contribution in [2.45, 2.75) is 47.6 Å². The van der Waals surface area contributed by atoms with Gasteiger partial charge in [-0.25, -0.2) is 9.59 Å². The third kappa shape index (κ3) is 4.81. The summed E-state index contributed by atoms with van der Waals surface area (Å²) in [5.41, 5.74) is 0. The molecule has 0 radical (unpaired) electrons. The number of rotatable bonds is 11. The Balaban J connectivity index is 6.32. The molecule has 0 saturated heterocycles. The molecule has 21 heteroatoms.